The van der Waals surface area contributed by atoms with E-state index in [1.807, 2.05) is 19.1 Å². The van der Waals surface area contributed by atoms with Gasteiger partial charge in [0, 0.05) is 30.4 Å². The van der Waals surface area contributed by atoms with Crippen molar-refractivity contribution < 1.29 is 9.13 Å². The molecule has 21 heavy (non-hydrogen) atoms. The van der Waals surface area contributed by atoms with Crippen molar-refractivity contribution >= 4 is 15.9 Å². The summed E-state index contributed by atoms with van der Waals surface area (Å²) >= 11 is 3.34. The van der Waals surface area contributed by atoms with E-state index in [-0.39, 0.29) is 5.82 Å². The molecule has 0 radical (unpaired) electrons. The van der Waals surface area contributed by atoms with E-state index in [0.29, 0.717) is 22.1 Å². The summed E-state index contributed by atoms with van der Waals surface area (Å²) in [6, 6.07) is 8.59. The standard InChI is InChI=1S/C16H18BrFN2O/c1-10(2)19-9-12-6-11(3)20-16(7-12)21-15-8-13(18)4-5-14(15)17/h4-8,10,19H,9H2,1-3H3. The monoisotopic (exact) mass is 352 g/mol. The van der Waals surface area contributed by atoms with Crippen molar-refractivity contribution in [2.75, 3.05) is 0 Å². The molecular weight excluding hydrogens is 335 g/mol. The highest BCUT2D eigenvalue weighted by molar-refractivity contribution is 9.10. The third kappa shape index (κ3) is 4.79. The van der Waals surface area contributed by atoms with E-state index in [0.717, 1.165) is 17.8 Å². The quantitative estimate of drug-likeness (QED) is 0.854. The fourth-order valence-corrected chi connectivity index (χ4v) is 2.18. The summed E-state index contributed by atoms with van der Waals surface area (Å²) in [6.07, 6.45) is 0. The maximum absolute atomic E-state index is 13.3. The number of nitrogens with one attached hydrogen (secondary N) is 1. The molecule has 1 aromatic heterocycles. The molecule has 0 aliphatic heterocycles. The summed E-state index contributed by atoms with van der Waals surface area (Å²) < 4.78 is 19.7. The second-order valence-electron chi connectivity index (χ2n) is 5.17. The molecule has 2 rings (SSSR count). The summed E-state index contributed by atoms with van der Waals surface area (Å²) in [5, 5.41) is 3.35. The lowest BCUT2D eigenvalue weighted by Gasteiger charge is -2.12. The first-order chi connectivity index (χ1) is 9.94. The lowest BCUT2D eigenvalue weighted by molar-refractivity contribution is 0.452. The molecule has 112 valence electrons. The zero-order chi connectivity index (χ0) is 15.4. The smallest absolute Gasteiger partial charge is 0.219 e. The molecule has 1 N–H and O–H groups in total. The molecule has 0 spiro atoms. The van der Waals surface area contributed by atoms with Gasteiger partial charge in [-0.25, -0.2) is 9.37 Å². The Morgan fingerprint density at radius 2 is 2.05 bits per heavy atom. The summed E-state index contributed by atoms with van der Waals surface area (Å²) in [4.78, 5) is 4.33. The number of hydrogen-bond donors (Lipinski definition) is 1. The van der Waals surface area contributed by atoms with Gasteiger partial charge in [-0.3, -0.25) is 0 Å². The minimum absolute atomic E-state index is 0.345. The number of aryl methyl sites for hydroxylation is 1. The van der Waals surface area contributed by atoms with Gasteiger partial charge in [0.1, 0.15) is 11.6 Å². The normalized spacial score (nSPS) is 11.0. The topological polar surface area (TPSA) is 34.1 Å². The Morgan fingerprint density at radius 3 is 2.76 bits per heavy atom. The summed E-state index contributed by atoms with van der Waals surface area (Å²) in [7, 11) is 0. The van der Waals surface area contributed by atoms with Crippen LogP contribution in [0.2, 0.25) is 0 Å². The molecule has 0 bridgehead atoms. The van der Waals surface area contributed by atoms with E-state index in [9.17, 15) is 4.39 Å². The molecule has 0 aliphatic rings. The number of hydrogen-bond acceptors (Lipinski definition) is 3. The third-order valence-electron chi connectivity index (χ3n) is 2.81. The van der Waals surface area contributed by atoms with Crippen molar-refractivity contribution in [2.45, 2.75) is 33.4 Å². The predicted molar refractivity (Wildman–Crippen MR) is 85.1 cm³/mol. The molecule has 3 nitrogen and oxygen atoms in total. The van der Waals surface area contributed by atoms with Gasteiger partial charge in [0.2, 0.25) is 5.88 Å². The van der Waals surface area contributed by atoms with E-state index >= 15 is 0 Å². The zero-order valence-corrected chi connectivity index (χ0v) is 13.9. The van der Waals surface area contributed by atoms with Crippen LogP contribution < -0.4 is 10.1 Å². The molecule has 2 aromatic rings. The van der Waals surface area contributed by atoms with Gasteiger partial charge >= 0.3 is 0 Å². The summed E-state index contributed by atoms with van der Waals surface area (Å²) in [5.74, 6) is 0.528. The predicted octanol–water partition coefficient (Wildman–Crippen LogP) is 4.58. The molecular formula is C16H18BrFN2O. The fraction of sp³-hybridized carbons (Fsp3) is 0.312. The van der Waals surface area contributed by atoms with Crippen molar-refractivity contribution in [1.82, 2.24) is 10.3 Å². The van der Waals surface area contributed by atoms with E-state index in [1.54, 1.807) is 6.07 Å². The molecule has 0 saturated carbocycles. The Balaban J connectivity index is 2.21. The van der Waals surface area contributed by atoms with Gasteiger partial charge in [0.25, 0.3) is 0 Å². The SMILES string of the molecule is Cc1cc(CNC(C)C)cc(Oc2cc(F)ccc2Br)n1. The van der Waals surface area contributed by atoms with Crippen molar-refractivity contribution in [3.63, 3.8) is 0 Å². The molecule has 0 unspecified atom stereocenters. The third-order valence-corrected chi connectivity index (χ3v) is 3.47. The van der Waals surface area contributed by atoms with Gasteiger partial charge in [-0.15, -0.1) is 0 Å². The maximum Gasteiger partial charge on any atom is 0.219 e. The second-order valence-corrected chi connectivity index (χ2v) is 6.02. The van der Waals surface area contributed by atoms with Crippen LogP contribution in [-0.2, 0) is 6.54 Å². The minimum atomic E-state index is -0.345. The lowest BCUT2D eigenvalue weighted by Crippen LogP contribution is -2.21. The molecule has 5 heteroatoms. The Morgan fingerprint density at radius 1 is 1.29 bits per heavy atom. The number of pyridine rings is 1. The van der Waals surface area contributed by atoms with Crippen LogP contribution in [0.4, 0.5) is 4.39 Å². The zero-order valence-electron chi connectivity index (χ0n) is 12.3. The Hall–Kier alpha value is -1.46. The number of halogens is 2. The second kappa shape index (κ2) is 7.00. The van der Waals surface area contributed by atoms with Crippen LogP contribution in [0.5, 0.6) is 11.6 Å². The van der Waals surface area contributed by atoms with Gasteiger partial charge in [0.05, 0.1) is 4.47 Å². The molecule has 1 aromatic carbocycles. The largest absolute Gasteiger partial charge is 0.438 e. The molecule has 0 saturated heterocycles. The number of nitrogens with zero attached hydrogens (tertiary/aromatic N) is 1. The van der Waals surface area contributed by atoms with Crippen molar-refractivity contribution in [2.24, 2.45) is 0 Å². The first kappa shape index (κ1) is 15.9. The van der Waals surface area contributed by atoms with Crippen LogP contribution in [0, 0.1) is 12.7 Å². The van der Waals surface area contributed by atoms with Crippen molar-refractivity contribution in [3.05, 3.63) is 51.9 Å². The Labute approximate surface area is 132 Å². The van der Waals surface area contributed by atoms with Gasteiger partial charge in [-0.2, -0.15) is 0 Å². The minimum Gasteiger partial charge on any atom is -0.438 e. The lowest BCUT2D eigenvalue weighted by atomic mass is 10.2. The number of rotatable bonds is 5. The summed E-state index contributed by atoms with van der Waals surface area (Å²) in [6.45, 7) is 6.83. The Bertz CT molecular complexity index is 632. The van der Waals surface area contributed by atoms with Crippen molar-refractivity contribution in [1.29, 1.82) is 0 Å². The van der Waals surface area contributed by atoms with Crippen LogP contribution in [-0.4, -0.2) is 11.0 Å². The van der Waals surface area contributed by atoms with Crippen LogP contribution in [0.25, 0.3) is 0 Å². The molecule has 1 heterocycles. The van der Waals surface area contributed by atoms with Gasteiger partial charge in [-0.1, -0.05) is 13.8 Å². The highest BCUT2D eigenvalue weighted by atomic mass is 79.9. The van der Waals surface area contributed by atoms with Crippen molar-refractivity contribution in [3.8, 4) is 11.6 Å². The molecule has 0 aliphatic carbocycles. The fourth-order valence-electron chi connectivity index (χ4n) is 1.85. The summed E-state index contributed by atoms with van der Waals surface area (Å²) in [5.41, 5.74) is 1.94. The molecule has 0 fully saturated rings. The van der Waals surface area contributed by atoms with E-state index in [1.165, 1.54) is 12.1 Å². The highest BCUT2D eigenvalue weighted by Gasteiger charge is 2.07. The Kier molecular flexibility index (Phi) is 5.31. The average Bonchev–Trinajstić information content (AvgIpc) is 2.40. The average molecular weight is 353 g/mol. The first-order valence-electron chi connectivity index (χ1n) is 6.78. The van der Waals surface area contributed by atoms with E-state index < -0.39 is 0 Å². The van der Waals surface area contributed by atoms with E-state index in [4.69, 9.17) is 4.74 Å². The van der Waals surface area contributed by atoms with Gasteiger partial charge < -0.3 is 10.1 Å². The maximum atomic E-state index is 13.3. The number of benzene rings is 1. The molecule has 0 amide bonds. The van der Waals surface area contributed by atoms with Crippen LogP contribution in [0.1, 0.15) is 25.1 Å². The number of ether oxygens (including phenoxy) is 1. The first-order valence-corrected chi connectivity index (χ1v) is 7.57. The number of aromatic nitrogens is 1. The van der Waals surface area contributed by atoms with Gasteiger partial charge in [0.15, 0.2) is 0 Å². The highest BCUT2D eigenvalue weighted by Crippen LogP contribution is 2.30. The van der Waals surface area contributed by atoms with Crippen LogP contribution >= 0.6 is 15.9 Å². The molecule has 0 atom stereocenters. The van der Waals surface area contributed by atoms with Gasteiger partial charge in [-0.05, 0) is 46.6 Å². The van der Waals surface area contributed by atoms with Crippen LogP contribution in [0.15, 0.2) is 34.8 Å². The van der Waals surface area contributed by atoms with E-state index in [2.05, 4.69) is 40.1 Å². The van der Waals surface area contributed by atoms with Crippen LogP contribution in [0.3, 0.4) is 0 Å².